The second-order valence-corrected chi connectivity index (χ2v) is 8.57. The molecule has 1 fully saturated rings. The number of amides is 2. The van der Waals surface area contributed by atoms with Gasteiger partial charge in [-0.25, -0.2) is 0 Å². The summed E-state index contributed by atoms with van der Waals surface area (Å²) in [6.45, 7) is 0. The summed E-state index contributed by atoms with van der Waals surface area (Å²) in [6.07, 6.45) is 5.39. The second-order valence-electron chi connectivity index (χ2n) is 8.14. The number of halogens is 1. The van der Waals surface area contributed by atoms with Crippen molar-refractivity contribution in [2.45, 2.75) is 37.8 Å². The molecule has 178 valence electrons. The van der Waals surface area contributed by atoms with Gasteiger partial charge in [-0.2, -0.15) is 0 Å². The van der Waals surface area contributed by atoms with Gasteiger partial charge in [-0.3, -0.25) is 14.5 Å². The molecule has 1 saturated carbocycles. The van der Waals surface area contributed by atoms with E-state index < -0.39 is 11.9 Å². The van der Waals surface area contributed by atoms with E-state index in [2.05, 4.69) is 5.32 Å². The van der Waals surface area contributed by atoms with Crippen LogP contribution < -0.4 is 19.7 Å². The number of anilines is 1. The monoisotopic (exact) mass is 482 g/mol. The molecule has 7 nitrogen and oxygen atoms in total. The molecule has 1 heterocycles. The van der Waals surface area contributed by atoms with Gasteiger partial charge in [0.1, 0.15) is 6.04 Å². The zero-order valence-electron chi connectivity index (χ0n) is 19.1. The predicted molar refractivity (Wildman–Crippen MR) is 130 cm³/mol. The predicted octanol–water partition coefficient (Wildman–Crippen LogP) is 5.40. The summed E-state index contributed by atoms with van der Waals surface area (Å²) in [4.78, 5) is 28.9. The van der Waals surface area contributed by atoms with E-state index in [1.165, 1.54) is 18.3 Å². The van der Waals surface area contributed by atoms with Crippen LogP contribution in [0.2, 0.25) is 5.02 Å². The van der Waals surface area contributed by atoms with Gasteiger partial charge in [0.25, 0.3) is 5.91 Å². The van der Waals surface area contributed by atoms with Crippen molar-refractivity contribution in [1.29, 1.82) is 0 Å². The summed E-state index contributed by atoms with van der Waals surface area (Å²) in [5.74, 6) is 0.369. The van der Waals surface area contributed by atoms with Crippen LogP contribution in [0.4, 0.5) is 5.69 Å². The second kappa shape index (κ2) is 10.7. The van der Waals surface area contributed by atoms with Gasteiger partial charge in [-0.1, -0.05) is 30.5 Å². The van der Waals surface area contributed by atoms with Crippen molar-refractivity contribution in [3.63, 3.8) is 0 Å². The van der Waals surface area contributed by atoms with Crippen LogP contribution in [-0.2, 0) is 4.79 Å². The third-order valence-electron chi connectivity index (χ3n) is 5.99. The Bertz CT molecular complexity index is 1120. The number of furan rings is 1. The summed E-state index contributed by atoms with van der Waals surface area (Å²) in [5.41, 5.74) is 1.08. The number of carbonyl (C=O) groups excluding carboxylic acids is 2. The van der Waals surface area contributed by atoms with Crippen molar-refractivity contribution >= 4 is 29.1 Å². The number of hydrogen-bond donors (Lipinski definition) is 1. The van der Waals surface area contributed by atoms with Crippen LogP contribution in [0.3, 0.4) is 0 Å². The van der Waals surface area contributed by atoms with Crippen molar-refractivity contribution in [2.75, 3.05) is 19.1 Å². The van der Waals surface area contributed by atoms with Crippen LogP contribution in [0.1, 0.15) is 47.8 Å². The van der Waals surface area contributed by atoms with E-state index in [0.717, 1.165) is 25.7 Å². The Morgan fingerprint density at radius 1 is 1.03 bits per heavy atom. The number of carbonyl (C=O) groups is 2. The number of hydrogen-bond acceptors (Lipinski definition) is 5. The van der Waals surface area contributed by atoms with E-state index in [-0.39, 0.29) is 17.7 Å². The average molecular weight is 483 g/mol. The lowest BCUT2D eigenvalue weighted by Gasteiger charge is -2.32. The SMILES string of the molecule is COc1ccc([C@H](C(=O)NC2CCCC2)N(C(=O)c2ccco2)c2ccc(Cl)cc2)cc1OC. The van der Waals surface area contributed by atoms with Gasteiger partial charge in [0, 0.05) is 16.8 Å². The molecular formula is C26H27ClN2O5. The molecular weight excluding hydrogens is 456 g/mol. The van der Waals surface area contributed by atoms with Crippen LogP contribution in [0.5, 0.6) is 11.5 Å². The van der Waals surface area contributed by atoms with E-state index >= 15 is 0 Å². The van der Waals surface area contributed by atoms with E-state index in [0.29, 0.717) is 27.8 Å². The fraction of sp³-hybridized carbons (Fsp3) is 0.308. The summed E-state index contributed by atoms with van der Waals surface area (Å²) in [7, 11) is 3.07. The largest absolute Gasteiger partial charge is 0.493 e. The third kappa shape index (κ3) is 5.04. The zero-order chi connectivity index (χ0) is 24.1. The highest BCUT2D eigenvalue weighted by Crippen LogP contribution is 2.36. The van der Waals surface area contributed by atoms with Crippen molar-refractivity contribution in [2.24, 2.45) is 0 Å². The fourth-order valence-electron chi connectivity index (χ4n) is 4.30. The highest BCUT2D eigenvalue weighted by molar-refractivity contribution is 6.30. The first-order valence-electron chi connectivity index (χ1n) is 11.2. The van der Waals surface area contributed by atoms with Crippen molar-refractivity contribution in [1.82, 2.24) is 5.32 Å². The Morgan fingerprint density at radius 3 is 2.35 bits per heavy atom. The first kappa shape index (κ1) is 23.7. The number of nitrogens with one attached hydrogen (secondary N) is 1. The van der Waals surface area contributed by atoms with E-state index in [1.54, 1.807) is 61.7 Å². The zero-order valence-corrected chi connectivity index (χ0v) is 19.9. The van der Waals surface area contributed by atoms with E-state index in [1.807, 2.05) is 0 Å². The maximum absolute atomic E-state index is 13.8. The fourth-order valence-corrected chi connectivity index (χ4v) is 4.42. The molecule has 1 atom stereocenters. The molecule has 0 bridgehead atoms. The van der Waals surface area contributed by atoms with Crippen LogP contribution in [0.25, 0.3) is 0 Å². The Labute approximate surface area is 203 Å². The van der Waals surface area contributed by atoms with Gasteiger partial charge in [0.15, 0.2) is 17.3 Å². The first-order valence-corrected chi connectivity index (χ1v) is 11.5. The molecule has 1 N–H and O–H groups in total. The molecule has 1 aliphatic carbocycles. The highest BCUT2D eigenvalue weighted by Gasteiger charge is 2.36. The van der Waals surface area contributed by atoms with Crippen LogP contribution >= 0.6 is 11.6 Å². The molecule has 3 aromatic rings. The minimum atomic E-state index is -0.987. The first-order chi connectivity index (χ1) is 16.5. The lowest BCUT2D eigenvalue weighted by Crippen LogP contribution is -2.46. The molecule has 0 saturated heterocycles. The van der Waals surface area contributed by atoms with Crippen LogP contribution in [0.15, 0.2) is 65.3 Å². The molecule has 2 amide bonds. The molecule has 8 heteroatoms. The minimum Gasteiger partial charge on any atom is -0.493 e. The Hall–Kier alpha value is -3.45. The highest BCUT2D eigenvalue weighted by atomic mass is 35.5. The Morgan fingerprint density at radius 2 is 1.74 bits per heavy atom. The van der Waals surface area contributed by atoms with Crippen LogP contribution in [-0.4, -0.2) is 32.1 Å². The topological polar surface area (TPSA) is 81.0 Å². The summed E-state index contributed by atoms with van der Waals surface area (Å²) < 4.78 is 16.3. The summed E-state index contributed by atoms with van der Waals surface area (Å²) >= 11 is 6.11. The van der Waals surface area contributed by atoms with Crippen LogP contribution in [0, 0.1) is 0 Å². The molecule has 2 aromatic carbocycles. The number of benzene rings is 2. The number of rotatable bonds is 8. The standard InChI is InChI=1S/C26H27ClN2O5/c1-32-21-14-9-17(16-23(21)33-2)24(25(30)28-19-6-3-4-7-19)29(20-12-10-18(27)11-13-20)26(31)22-8-5-15-34-22/h5,8-16,19,24H,3-4,6-7H2,1-2H3,(H,28,30)/t24-/m1/s1. The van der Waals surface area contributed by atoms with Gasteiger partial charge >= 0.3 is 0 Å². The summed E-state index contributed by atoms with van der Waals surface area (Å²) in [6, 6.07) is 14.3. The quantitative estimate of drug-likeness (QED) is 0.465. The van der Waals surface area contributed by atoms with Crippen molar-refractivity contribution in [3.05, 3.63) is 77.2 Å². The molecule has 1 aliphatic rings. The molecule has 0 spiro atoms. The third-order valence-corrected chi connectivity index (χ3v) is 6.24. The molecule has 0 radical (unpaired) electrons. The van der Waals surface area contributed by atoms with Gasteiger partial charge in [0.05, 0.1) is 20.5 Å². The molecule has 1 aromatic heterocycles. The number of methoxy groups -OCH3 is 2. The summed E-state index contributed by atoms with van der Waals surface area (Å²) in [5, 5.41) is 3.66. The molecule has 0 unspecified atom stereocenters. The number of nitrogens with zero attached hydrogens (tertiary/aromatic N) is 1. The van der Waals surface area contributed by atoms with Crippen molar-refractivity contribution in [3.8, 4) is 11.5 Å². The smallest absolute Gasteiger partial charge is 0.294 e. The minimum absolute atomic E-state index is 0.0703. The lowest BCUT2D eigenvalue weighted by atomic mass is 10.0. The van der Waals surface area contributed by atoms with Gasteiger partial charge in [0.2, 0.25) is 5.91 Å². The normalized spacial score (nSPS) is 14.4. The molecule has 0 aliphatic heterocycles. The lowest BCUT2D eigenvalue weighted by molar-refractivity contribution is -0.123. The average Bonchev–Trinajstić information content (AvgIpc) is 3.57. The van der Waals surface area contributed by atoms with Crippen molar-refractivity contribution < 1.29 is 23.5 Å². The Kier molecular flexibility index (Phi) is 7.43. The van der Waals surface area contributed by atoms with Gasteiger partial charge in [-0.05, 0) is 66.9 Å². The number of ether oxygens (including phenoxy) is 2. The van der Waals surface area contributed by atoms with Gasteiger partial charge in [-0.15, -0.1) is 0 Å². The van der Waals surface area contributed by atoms with Gasteiger partial charge < -0.3 is 19.2 Å². The van der Waals surface area contributed by atoms with E-state index in [4.69, 9.17) is 25.5 Å². The molecule has 4 rings (SSSR count). The Balaban J connectivity index is 1.84. The molecule has 34 heavy (non-hydrogen) atoms. The maximum Gasteiger partial charge on any atom is 0.294 e. The maximum atomic E-state index is 13.8. The van der Waals surface area contributed by atoms with E-state index in [9.17, 15) is 9.59 Å².